The molecule has 0 radical (unpaired) electrons. The van der Waals surface area contributed by atoms with E-state index < -0.39 is 18.0 Å². The Kier molecular flexibility index (Phi) is 3.27. The minimum atomic E-state index is -1.03. The molecule has 0 fully saturated rings. The minimum absolute atomic E-state index is 0.157. The van der Waals surface area contributed by atoms with Crippen LogP contribution in [0.5, 0.6) is 0 Å². The highest BCUT2D eigenvalue weighted by molar-refractivity contribution is 6.00. The molecular formula is C13H13N5O3. The summed E-state index contributed by atoms with van der Waals surface area (Å²) in [5.41, 5.74) is 1.47. The predicted octanol–water partition coefficient (Wildman–Crippen LogP) is 0.530. The van der Waals surface area contributed by atoms with Crippen molar-refractivity contribution in [1.82, 2.24) is 20.5 Å². The molecule has 108 valence electrons. The largest absolute Gasteiger partial charge is 0.480 e. The van der Waals surface area contributed by atoms with Crippen LogP contribution in [0.25, 0.3) is 0 Å². The summed E-state index contributed by atoms with van der Waals surface area (Å²) < 4.78 is 0. The van der Waals surface area contributed by atoms with Crippen molar-refractivity contribution in [2.24, 2.45) is 0 Å². The fraction of sp³-hybridized carbons (Fsp3) is 0.231. The first-order valence-electron chi connectivity index (χ1n) is 6.39. The standard InChI is InChI=1S/C13H13N5O3/c19-12(20)10-5-8-3-1-2-4-9(8)18(10)13(21)14-6-11-15-7-16-17-11/h1-4,7,10H,5-6H2,(H,14,21)(H,19,20)(H,15,16,17)/t10-/m0/s1. The first kappa shape index (κ1) is 13.1. The fourth-order valence-corrected chi connectivity index (χ4v) is 2.40. The van der Waals surface area contributed by atoms with E-state index in [1.807, 2.05) is 12.1 Å². The number of nitrogens with one attached hydrogen (secondary N) is 2. The van der Waals surface area contributed by atoms with Crippen molar-refractivity contribution in [3.05, 3.63) is 42.0 Å². The van der Waals surface area contributed by atoms with E-state index in [0.717, 1.165) is 5.56 Å². The second-order valence-corrected chi connectivity index (χ2v) is 4.65. The Bertz CT molecular complexity index is 670. The maximum atomic E-state index is 12.3. The SMILES string of the molecule is O=C(O)[C@@H]1Cc2ccccc2N1C(=O)NCc1ncn[nH]1. The van der Waals surface area contributed by atoms with Gasteiger partial charge < -0.3 is 10.4 Å². The second-order valence-electron chi connectivity index (χ2n) is 4.65. The number of carbonyl (C=O) groups is 2. The van der Waals surface area contributed by atoms with Gasteiger partial charge in [0.15, 0.2) is 0 Å². The van der Waals surface area contributed by atoms with Gasteiger partial charge in [-0.25, -0.2) is 14.6 Å². The molecule has 1 aliphatic rings. The van der Waals surface area contributed by atoms with E-state index >= 15 is 0 Å². The van der Waals surface area contributed by atoms with Crippen LogP contribution in [-0.2, 0) is 17.8 Å². The number of amides is 2. The van der Waals surface area contributed by atoms with Crippen molar-refractivity contribution in [1.29, 1.82) is 0 Å². The molecule has 1 aromatic carbocycles. The van der Waals surface area contributed by atoms with E-state index in [1.165, 1.54) is 11.2 Å². The molecule has 2 amide bonds. The number of carboxylic acids is 1. The molecule has 21 heavy (non-hydrogen) atoms. The molecule has 0 bridgehead atoms. The number of fused-ring (bicyclic) bond motifs is 1. The smallest absolute Gasteiger partial charge is 0.327 e. The lowest BCUT2D eigenvalue weighted by atomic mass is 10.1. The Morgan fingerprint density at radius 3 is 2.95 bits per heavy atom. The number of aliphatic carboxylic acids is 1. The highest BCUT2D eigenvalue weighted by atomic mass is 16.4. The Balaban J connectivity index is 1.80. The van der Waals surface area contributed by atoms with Gasteiger partial charge >= 0.3 is 12.0 Å². The molecule has 2 aromatic rings. The van der Waals surface area contributed by atoms with Crippen LogP contribution < -0.4 is 10.2 Å². The van der Waals surface area contributed by atoms with Gasteiger partial charge in [-0.05, 0) is 11.6 Å². The van der Waals surface area contributed by atoms with Gasteiger partial charge in [0, 0.05) is 12.1 Å². The zero-order chi connectivity index (χ0) is 14.8. The molecule has 0 saturated carbocycles. The van der Waals surface area contributed by atoms with Crippen LogP contribution in [0.1, 0.15) is 11.4 Å². The lowest BCUT2D eigenvalue weighted by molar-refractivity contribution is -0.138. The lowest BCUT2D eigenvalue weighted by Gasteiger charge is -2.22. The first-order valence-corrected chi connectivity index (χ1v) is 6.39. The van der Waals surface area contributed by atoms with Crippen LogP contribution in [0.3, 0.4) is 0 Å². The van der Waals surface area contributed by atoms with Gasteiger partial charge in [0.25, 0.3) is 0 Å². The molecule has 3 rings (SSSR count). The van der Waals surface area contributed by atoms with Crippen LogP contribution in [0, 0.1) is 0 Å². The number of hydrogen-bond acceptors (Lipinski definition) is 4. The zero-order valence-electron chi connectivity index (χ0n) is 11.0. The Morgan fingerprint density at radius 1 is 1.43 bits per heavy atom. The normalized spacial score (nSPS) is 16.6. The lowest BCUT2D eigenvalue weighted by Crippen LogP contribution is -2.47. The van der Waals surface area contributed by atoms with Gasteiger partial charge in [-0.1, -0.05) is 18.2 Å². The third kappa shape index (κ3) is 2.42. The monoisotopic (exact) mass is 287 g/mol. The van der Waals surface area contributed by atoms with E-state index in [4.69, 9.17) is 0 Å². The third-order valence-electron chi connectivity index (χ3n) is 3.35. The number of anilines is 1. The van der Waals surface area contributed by atoms with Crippen LogP contribution in [0.4, 0.5) is 10.5 Å². The van der Waals surface area contributed by atoms with Crippen LogP contribution in [0.2, 0.25) is 0 Å². The van der Waals surface area contributed by atoms with E-state index in [9.17, 15) is 14.7 Å². The summed E-state index contributed by atoms with van der Waals surface area (Å²) in [7, 11) is 0. The Morgan fingerprint density at radius 2 is 2.24 bits per heavy atom. The van der Waals surface area contributed by atoms with Gasteiger partial charge in [-0.2, -0.15) is 5.10 Å². The number of benzene rings is 1. The van der Waals surface area contributed by atoms with Crippen LogP contribution >= 0.6 is 0 Å². The van der Waals surface area contributed by atoms with Crippen LogP contribution in [0.15, 0.2) is 30.6 Å². The number of aromatic nitrogens is 3. The number of hydrogen-bond donors (Lipinski definition) is 3. The molecule has 1 atom stereocenters. The molecule has 0 spiro atoms. The number of carbonyl (C=O) groups excluding carboxylic acids is 1. The number of aromatic amines is 1. The molecule has 8 nitrogen and oxygen atoms in total. The average Bonchev–Trinajstić information content (AvgIpc) is 3.11. The van der Waals surface area contributed by atoms with Crippen molar-refractivity contribution in [2.75, 3.05) is 4.90 Å². The van der Waals surface area contributed by atoms with E-state index in [1.54, 1.807) is 12.1 Å². The molecule has 2 heterocycles. The highest BCUT2D eigenvalue weighted by Crippen LogP contribution is 2.32. The topological polar surface area (TPSA) is 111 Å². The van der Waals surface area contributed by atoms with Gasteiger partial charge in [0.1, 0.15) is 18.2 Å². The average molecular weight is 287 g/mol. The van der Waals surface area contributed by atoms with E-state index in [2.05, 4.69) is 20.5 Å². The molecule has 1 aromatic heterocycles. The maximum Gasteiger partial charge on any atom is 0.327 e. The summed E-state index contributed by atoms with van der Waals surface area (Å²) in [5, 5.41) is 18.3. The molecule has 0 saturated heterocycles. The number of H-pyrrole nitrogens is 1. The molecule has 1 aliphatic heterocycles. The quantitative estimate of drug-likeness (QED) is 0.762. The predicted molar refractivity (Wildman–Crippen MR) is 72.7 cm³/mol. The summed E-state index contributed by atoms with van der Waals surface area (Å²) in [5.74, 6) is -0.524. The third-order valence-corrected chi connectivity index (χ3v) is 3.35. The Labute approximate surface area is 119 Å². The van der Waals surface area contributed by atoms with Crippen molar-refractivity contribution < 1.29 is 14.7 Å². The van der Waals surface area contributed by atoms with Crippen LogP contribution in [-0.4, -0.2) is 38.3 Å². The first-order chi connectivity index (χ1) is 10.2. The van der Waals surface area contributed by atoms with Gasteiger partial charge in [-0.3, -0.25) is 10.00 Å². The second kappa shape index (κ2) is 5.23. The zero-order valence-corrected chi connectivity index (χ0v) is 11.0. The number of carboxylic acid groups (broad SMARTS) is 1. The molecular weight excluding hydrogens is 274 g/mol. The van der Waals surface area contributed by atoms with Gasteiger partial charge in [-0.15, -0.1) is 0 Å². The summed E-state index contributed by atoms with van der Waals surface area (Å²) in [6.45, 7) is 0.157. The maximum absolute atomic E-state index is 12.3. The number of para-hydroxylation sites is 1. The van der Waals surface area contributed by atoms with Crippen molar-refractivity contribution in [3.63, 3.8) is 0 Å². The number of urea groups is 1. The van der Waals surface area contributed by atoms with Gasteiger partial charge in [0.05, 0.1) is 6.54 Å². The number of nitrogens with zero attached hydrogens (tertiary/aromatic N) is 3. The fourth-order valence-electron chi connectivity index (χ4n) is 2.40. The minimum Gasteiger partial charge on any atom is -0.480 e. The summed E-state index contributed by atoms with van der Waals surface area (Å²) in [6.07, 6.45) is 1.65. The molecule has 0 unspecified atom stereocenters. The van der Waals surface area contributed by atoms with Crippen molar-refractivity contribution >= 4 is 17.7 Å². The van der Waals surface area contributed by atoms with E-state index in [0.29, 0.717) is 17.9 Å². The van der Waals surface area contributed by atoms with E-state index in [-0.39, 0.29) is 6.54 Å². The summed E-state index contributed by atoms with van der Waals surface area (Å²) in [4.78, 5) is 28.8. The van der Waals surface area contributed by atoms with Gasteiger partial charge in [0.2, 0.25) is 0 Å². The number of rotatable bonds is 3. The highest BCUT2D eigenvalue weighted by Gasteiger charge is 2.38. The Hall–Kier alpha value is -2.90. The summed E-state index contributed by atoms with van der Waals surface area (Å²) >= 11 is 0. The molecule has 8 heteroatoms. The molecule has 3 N–H and O–H groups in total. The van der Waals surface area contributed by atoms with Crippen molar-refractivity contribution in [3.8, 4) is 0 Å². The van der Waals surface area contributed by atoms with Crippen molar-refractivity contribution in [2.45, 2.75) is 19.0 Å². The summed E-state index contributed by atoms with van der Waals surface area (Å²) in [6, 6.07) is 5.82. The molecule has 0 aliphatic carbocycles.